The molecule has 11 nitrogen and oxygen atoms in total. The van der Waals surface area contributed by atoms with E-state index in [2.05, 4.69) is 27.8 Å². The van der Waals surface area contributed by atoms with E-state index in [0.717, 1.165) is 29.5 Å². The lowest BCUT2D eigenvalue weighted by molar-refractivity contribution is -0.127. The zero-order valence-electron chi connectivity index (χ0n) is 23.3. The van der Waals surface area contributed by atoms with Crippen molar-refractivity contribution in [2.75, 3.05) is 17.7 Å². The zero-order valence-corrected chi connectivity index (χ0v) is 25.0. The molecule has 214 valence electrons. The number of aromatic nitrogens is 3. The number of thiophene rings is 1. The quantitative estimate of drug-likeness (QED) is 0.173. The summed E-state index contributed by atoms with van der Waals surface area (Å²) < 4.78 is 12.5. The summed E-state index contributed by atoms with van der Waals surface area (Å²) in [5, 5.41) is 14.5. The van der Waals surface area contributed by atoms with E-state index in [4.69, 9.17) is 9.47 Å². The van der Waals surface area contributed by atoms with Gasteiger partial charge in [0.05, 0.1) is 29.3 Å². The zero-order chi connectivity index (χ0) is 29.4. The monoisotopic (exact) mass is 587 g/mol. The van der Waals surface area contributed by atoms with Gasteiger partial charge >= 0.3 is 5.97 Å². The predicted octanol–water partition coefficient (Wildman–Crippen LogP) is 3.94. The van der Waals surface area contributed by atoms with Gasteiger partial charge in [-0.25, -0.2) is 4.79 Å². The van der Waals surface area contributed by atoms with Crippen molar-refractivity contribution in [2.45, 2.75) is 58.8 Å². The Morgan fingerprint density at radius 1 is 1.12 bits per heavy atom. The lowest BCUT2D eigenvalue weighted by Gasteiger charge is -2.15. The Labute approximate surface area is 241 Å². The minimum absolute atomic E-state index is 0.0192. The van der Waals surface area contributed by atoms with Crippen LogP contribution in [0.4, 0.5) is 5.00 Å². The highest BCUT2D eigenvalue weighted by Gasteiger charge is 2.25. The number of ketones is 1. The third-order valence-corrected chi connectivity index (χ3v) is 8.22. The maximum atomic E-state index is 12.7. The molecule has 13 heteroatoms. The molecule has 3 rings (SSSR count). The Balaban J connectivity index is 1.55. The van der Waals surface area contributed by atoms with Crippen LogP contribution in [0.15, 0.2) is 29.4 Å². The van der Waals surface area contributed by atoms with E-state index in [0.29, 0.717) is 27.2 Å². The minimum Gasteiger partial charge on any atom is -0.481 e. The summed E-state index contributed by atoms with van der Waals surface area (Å²) in [7, 11) is 1.73. The third kappa shape index (κ3) is 7.69. The standard InChI is InChI=1S/C27H33N5O6S2/c1-7-18-9-11-19(12-10-18)38-17(5)24(35)28-13-20-30-31-27(32(20)6)39-14-21(34)29-25-22(26(36)37-8-2)15(3)23(40-25)16(4)33/h9-12,17H,7-8,13-14H2,1-6H3,(H,28,35)(H,29,34)/t17-/m0/s1. The maximum absolute atomic E-state index is 12.7. The lowest BCUT2D eigenvalue weighted by Crippen LogP contribution is -2.36. The number of esters is 1. The van der Waals surface area contributed by atoms with E-state index in [1.807, 2.05) is 24.3 Å². The number of hydrogen-bond acceptors (Lipinski definition) is 10. The van der Waals surface area contributed by atoms with Gasteiger partial charge in [0.1, 0.15) is 10.8 Å². The van der Waals surface area contributed by atoms with E-state index >= 15 is 0 Å². The molecule has 0 radical (unpaired) electrons. The summed E-state index contributed by atoms with van der Waals surface area (Å²) in [5.74, 6) is -0.392. The van der Waals surface area contributed by atoms with Crippen LogP contribution >= 0.6 is 23.1 Å². The SMILES string of the molecule is CCOC(=O)c1c(NC(=O)CSc2nnc(CNC(=O)[C@H](C)Oc3ccc(CC)cc3)n2C)sc(C(C)=O)c1C. The van der Waals surface area contributed by atoms with Crippen LogP contribution in [0.25, 0.3) is 0 Å². The van der Waals surface area contributed by atoms with Crippen molar-refractivity contribution in [3.8, 4) is 5.75 Å². The molecule has 2 N–H and O–H groups in total. The molecule has 40 heavy (non-hydrogen) atoms. The summed E-state index contributed by atoms with van der Waals surface area (Å²) in [6.45, 7) is 8.77. The summed E-state index contributed by atoms with van der Waals surface area (Å²) in [6.07, 6.45) is 0.216. The summed E-state index contributed by atoms with van der Waals surface area (Å²) in [4.78, 5) is 50.1. The van der Waals surface area contributed by atoms with Crippen LogP contribution in [0.5, 0.6) is 5.75 Å². The third-order valence-electron chi connectivity index (χ3n) is 5.89. The minimum atomic E-state index is -0.706. The van der Waals surface area contributed by atoms with Crippen LogP contribution in [0.1, 0.15) is 64.7 Å². The van der Waals surface area contributed by atoms with Gasteiger partial charge < -0.3 is 24.7 Å². The number of benzene rings is 1. The number of nitrogens with one attached hydrogen (secondary N) is 2. The molecule has 0 spiro atoms. The second-order valence-electron chi connectivity index (χ2n) is 8.81. The molecule has 1 atom stereocenters. The molecule has 0 fully saturated rings. The number of hydrogen-bond donors (Lipinski definition) is 2. The molecule has 1 aromatic carbocycles. The van der Waals surface area contributed by atoms with Crippen molar-refractivity contribution in [2.24, 2.45) is 7.05 Å². The van der Waals surface area contributed by atoms with E-state index in [9.17, 15) is 19.2 Å². The van der Waals surface area contributed by atoms with Crippen molar-refractivity contribution in [1.82, 2.24) is 20.1 Å². The molecule has 2 heterocycles. The normalized spacial score (nSPS) is 11.6. The first kappa shape index (κ1) is 30.8. The number of carbonyl (C=O) groups excluding carboxylic acids is 4. The summed E-state index contributed by atoms with van der Waals surface area (Å²) in [5.41, 5.74) is 1.85. The van der Waals surface area contributed by atoms with Gasteiger partial charge in [-0.1, -0.05) is 30.8 Å². The Morgan fingerprint density at radius 2 is 1.82 bits per heavy atom. The van der Waals surface area contributed by atoms with Crippen LogP contribution in [-0.2, 0) is 34.3 Å². The van der Waals surface area contributed by atoms with Gasteiger partial charge in [0.25, 0.3) is 5.91 Å². The van der Waals surface area contributed by atoms with Crippen LogP contribution in [0.2, 0.25) is 0 Å². The van der Waals surface area contributed by atoms with Crippen molar-refractivity contribution in [1.29, 1.82) is 0 Å². The molecule has 0 saturated carbocycles. The van der Waals surface area contributed by atoms with Gasteiger partial charge in [0.2, 0.25) is 5.91 Å². The average Bonchev–Trinajstić information content (AvgIpc) is 3.44. The predicted molar refractivity (Wildman–Crippen MR) is 153 cm³/mol. The molecule has 2 aromatic heterocycles. The van der Waals surface area contributed by atoms with Crippen LogP contribution in [-0.4, -0.2) is 56.8 Å². The summed E-state index contributed by atoms with van der Waals surface area (Å²) in [6, 6.07) is 7.60. The molecular weight excluding hydrogens is 554 g/mol. The van der Waals surface area contributed by atoms with Crippen molar-refractivity contribution in [3.05, 3.63) is 51.7 Å². The molecule has 3 aromatic rings. The van der Waals surface area contributed by atoms with Crippen molar-refractivity contribution < 1.29 is 28.7 Å². The number of carbonyl (C=O) groups is 4. The highest BCUT2D eigenvalue weighted by atomic mass is 32.2. The first-order valence-electron chi connectivity index (χ1n) is 12.7. The fourth-order valence-electron chi connectivity index (χ4n) is 3.68. The van der Waals surface area contributed by atoms with Crippen LogP contribution in [0.3, 0.4) is 0 Å². The molecule has 0 unspecified atom stereocenters. The number of aryl methyl sites for hydroxylation is 1. The van der Waals surface area contributed by atoms with Gasteiger partial charge in [0.15, 0.2) is 22.9 Å². The van der Waals surface area contributed by atoms with E-state index in [-0.39, 0.29) is 47.1 Å². The first-order chi connectivity index (χ1) is 19.0. The van der Waals surface area contributed by atoms with Crippen molar-refractivity contribution in [3.63, 3.8) is 0 Å². The Bertz CT molecular complexity index is 1380. The van der Waals surface area contributed by atoms with E-state index in [1.54, 1.807) is 32.4 Å². The molecule has 0 saturated heterocycles. The van der Waals surface area contributed by atoms with Gasteiger partial charge in [-0.05, 0) is 57.4 Å². The second kappa shape index (κ2) is 14.1. The Kier molecular flexibility index (Phi) is 10.8. The molecule has 0 aliphatic rings. The van der Waals surface area contributed by atoms with E-state index in [1.165, 1.54) is 12.5 Å². The molecule has 0 bridgehead atoms. The number of thioether (sulfide) groups is 1. The van der Waals surface area contributed by atoms with Gasteiger partial charge in [-0.3, -0.25) is 14.4 Å². The number of amides is 2. The number of anilines is 1. The van der Waals surface area contributed by atoms with E-state index < -0.39 is 12.1 Å². The largest absolute Gasteiger partial charge is 0.481 e. The number of ether oxygens (including phenoxy) is 2. The highest BCUT2D eigenvalue weighted by molar-refractivity contribution is 7.99. The van der Waals surface area contributed by atoms with Crippen LogP contribution < -0.4 is 15.4 Å². The van der Waals surface area contributed by atoms with Gasteiger partial charge in [-0.15, -0.1) is 21.5 Å². The molecule has 0 aliphatic carbocycles. The average molecular weight is 588 g/mol. The summed E-state index contributed by atoms with van der Waals surface area (Å²) >= 11 is 2.19. The Hall–Kier alpha value is -3.71. The molecule has 0 aliphatic heterocycles. The smallest absolute Gasteiger partial charge is 0.341 e. The van der Waals surface area contributed by atoms with Crippen LogP contribution in [0, 0.1) is 6.92 Å². The second-order valence-corrected chi connectivity index (χ2v) is 10.8. The topological polar surface area (TPSA) is 142 Å². The lowest BCUT2D eigenvalue weighted by atomic mass is 10.1. The maximum Gasteiger partial charge on any atom is 0.341 e. The van der Waals surface area contributed by atoms with Crippen molar-refractivity contribution >= 4 is 51.7 Å². The fourth-order valence-corrected chi connectivity index (χ4v) is 5.51. The van der Waals surface area contributed by atoms with Gasteiger partial charge in [0, 0.05) is 7.05 Å². The Morgan fingerprint density at radius 3 is 2.45 bits per heavy atom. The first-order valence-corrected chi connectivity index (χ1v) is 14.5. The number of rotatable bonds is 13. The number of nitrogens with zero attached hydrogens (tertiary/aromatic N) is 3. The fraction of sp³-hybridized carbons (Fsp3) is 0.407. The van der Waals surface area contributed by atoms with Gasteiger partial charge in [-0.2, -0.15) is 0 Å². The highest BCUT2D eigenvalue weighted by Crippen LogP contribution is 2.34. The number of Topliss-reactive ketones (excluding diaryl/α,β-unsaturated/α-hetero) is 1. The molecule has 2 amide bonds. The molecular formula is C27H33N5O6S2.